The van der Waals surface area contributed by atoms with Gasteiger partial charge in [-0.05, 0) is 33.8 Å². The minimum absolute atomic E-state index is 0.364. The molecule has 0 unspecified atom stereocenters. The Morgan fingerprint density at radius 2 is 1.75 bits per heavy atom. The Labute approximate surface area is 121 Å². The highest BCUT2D eigenvalue weighted by Crippen LogP contribution is 2.27. The van der Waals surface area contributed by atoms with E-state index in [1.165, 1.54) is 7.11 Å². The maximum atomic E-state index is 11.5. The van der Waals surface area contributed by atoms with Crippen molar-refractivity contribution in [1.82, 2.24) is 0 Å². The number of hydrogen-bond donors (Lipinski definition) is 0. The van der Waals surface area contributed by atoms with Gasteiger partial charge in [0.2, 0.25) is 0 Å². The quantitative estimate of drug-likeness (QED) is 0.589. The lowest BCUT2D eigenvalue weighted by atomic mass is 9.82. The van der Waals surface area contributed by atoms with Crippen LogP contribution in [0.5, 0.6) is 0 Å². The summed E-state index contributed by atoms with van der Waals surface area (Å²) in [6, 6.07) is 7.08. The first-order valence-corrected chi connectivity index (χ1v) is 6.48. The average Bonchev–Trinajstić information content (AvgIpc) is 2.44. The highest BCUT2D eigenvalue weighted by Gasteiger charge is 2.37. The van der Waals surface area contributed by atoms with Gasteiger partial charge in [0, 0.05) is 7.11 Å². The summed E-state index contributed by atoms with van der Waals surface area (Å²) in [5.41, 5.74) is 0.341. The molecule has 0 aliphatic heterocycles. The Kier molecular flexibility index (Phi) is 5.37. The zero-order valence-corrected chi connectivity index (χ0v) is 13.0. The lowest BCUT2D eigenvalue weighted by molar-refractivity contribution is -0.114. The van der Waals surface area contributed by atoms with Crippen LogP contribution in [0.25, 0.3) is 0 Å². The summed E-state index contributed by atoms with van der Waals surface area (Å²) in [7, 11) is 4.65. The van der Waals surface area contributed by atoms with Crippen LogP contribution in [0, 0.1) is 0 Å². The first kappa shape index (κ1) is 16.7. The van der Waals surface area contributed by atoms with Gasteiger partial charge >= 0.3 is 13.5 Å². The van der Waals surface area contributed by atoms with Gasteiger partial charge in [0.05, 0.1) is 23.9 Å². The van der Waals surface area contributed by atoms with Gasteiger partial charge in [-0.1, -0.05) is 23.7 Å². The molecule has 4 nitrogen and oxygen atoms in total. The van der Waals surface area contributed by atoms with Gasteiger partial charge in [0.1, 0.15) is 0 Å². The molecule has 0 heterocycles. The number of rotatable bonds is 6. The van der Waals surface area contributed by atoms with E-state index in [2.05, 4.69) is 0 Å². The summed E-state index contributed by atoms with van der Waals surface area (Å²) in [5.74, 6) is -0.364. The number of carbonyl (C=O) groups excluding carboxylic acids is 1. The molecule has 1 aromatic carbocycles. The van der Waals surface area contributed by atoms with E-state index in [9.17, 15) is 4.79 Å². The number of benzene rings is 1. The van der Waals surface area contributed by atoms with E-state index in [1.54, 1.807) is 32.8 Å². The molecule has 0 aliphatic carbocycles. The molecule has 5 heteroatoms. The molecule has 109 valence electrons. The van der Waals surface area contributed by atoms with Crippen molar-refractivity contribution in [1.29, 1.82) is 0 Å². The Balaban J connectivity index is 2.78. The van der Waals surface area contributed by atoms with Crippen LogP contribution in [-0.4, -0.2) is 38.9 Å². The summed E-state index contributed by atoms with van der Waals surface area (Å²) < 4.78 is 16.0. The zero-order chi connectivity index (χ0) is 15.4. The van der Waals surface area contributed by atoms with Crippen LogP contribution in [0.2, 0.25) is 0 Å². The van der Waals surface area contributed by atoms with E-state index < -0.39 is 11.2 Å². The van der Waals surface area contributed by atoms with E-state index in [0.29, 0.717) is 5.56 Å². The van der Waals surface area contributed by atoms with Crippen molar-refractivity contribution in [3.8, 4) is 0 Å². The fraction of sp³-hybridized carbons (Fsp3) is 0.533. The van der Waals surface area contributed by atoms with E-state index in [-0.39, 0.29) is 5.97 Å². The van der Waals surface area contributed by atoms with E-state index in [1.807, 2.05) is 33.8 Å². The Morgan fingerprint density at radius 1 is 1.10 bits per heavy atom. The second-order valence-electron chi connectivity index (χ2n) is 5.58. The lowest BCUT2D eigenvalue weighted by Gasteiger charge is -2.40. The molecule has 0 atom stereocenters. The second kappa shape index (κ2) is 6.42. The first-order valence-electron chi connectivity index (χ1n) is 6.48. The predicted molar refractivity (Wildman–Crippen MR) is 79.4 cm³/mol. The van der Waals surface area contributed by atoms with Crippen molar-refractivity contribution < 1.29 is 18.9 Å². The van der Waals surface area contributed by atoms with Gasteiger partial charge in [0.15, 0.2) is 0 Å². The molecule has 1 radical (unpaired) electrons. The molecule has 1 aromatic rings. The summed E-state index contributed by atoms with van der Waals surface area (Å²) in [4.78, 5) is 11.5. The van der Waals surface area contributed by atoms with Gasteiger partial charge in [-0.3, -0.25) is 0 Å². The standard InChI is InChI=1S/C15H22BO4/c1-14(2,19-6)15(3,4)20-16-12-9-7-8-11(10-12)13(17)18-5/h7-10H,1-6H3. The van der Waals surface area contributed by atoms with Gasteiger partial charge in [-0.25, -0.2) is 4.79 Å². The fourth-order valence-electron chi connectivity index (χ4n) is 1.46. The topological polar surface area (TPSA) is 44.8 Å². The molecular formula is C15H22BO4. The maximum Gasteiger partial charge on any atom is 0.337 e. The summed E-state index contributed by atoms with van der Waals surface area (Å²) in [6.07, 6.45) is 0. The number of ether oxygens (including phenoxy) is 2. The third-order valence-corrected chi connectivity index (χ3v) is 3.76. The summed E-state index contributed by atoms with van der Waals surface area (Å²) in [6.45, 7) is 7.84. The van der Waals surface area contributed by atoms with Crippen LogP contribution >= 0.6 is 0 Å². The first-order chi connectivity index (χ1) is 9.23. The van der Waals surface area contributed by atoms with Crippen LogP contribution < -0.4 is 5.46 Å². The maximum absolute atomic E-state index is 11.5. The molecule has 0 saturated heterocycles. The monoisotopic (exact) mass is 277 g/mol. The van der Waals surface area contributed by atoms with Gasteiger partial charge in [-0.2, -0.15) is 0 Å². The number of hydrogen-bond acceptors (Lipinski definition) is 4. The van der Waals surface area contributed by atoms with E-state index >= 15 is 0 Å². The minimum atomic E-state index is -0.511. The van der Waals surface area contributed by atoms with Crippen molar-refractivity contribution in [2.75, 3.05) is 14.2 Å². The van der Waals surface area contributed by atoms with Crippen LogP contribution in [0.15, 0.2) is 24.3 Å². The number of carbonyl (C=O) groups is 1. The number of methoxy groups -OCH3 is 2. The Morgan fingerprint density at radius 3 is 2.30 bits per heavy atom. The smallest absolute Gasteiger partial charge is 0.337 e. The fourth-order valence-corrected chi connectivity index (χ4v) is 1.46. The normalized spacial score (nSPS) is 12.1. The summed E-state index contributed by atoms with van der Waals surface area (Å²) >= 11 is 0. The molecule has 0 saturated carbocycles. The van der Waals surface area contributed by atoms with E-state index in [0.717, 1.165) is 5.46 Å². The SMILES string of the molecule is COC(=O)c1cccc([B]OC(C)(C)C(C)(C)OC)c1. The molecule has 0 aromatic heterocycles. The molecule has 0 N–H and O–H groups in total. The van der Waals surface area contributed by atoms with Crippen LogP contribution in [0.4, 0.5) is 0 Å². The molecule has 0 aliphatic rings. The molecule has 0 amide bonds. The summed E-state index contributed by atoms with van der Waals surface area (Å²) in [5, 5.41) is 0. The Bertz CT molecular complexity index is 469. The van der Waals surface area contributed by atoms with Gasteiger partial charge < -0.3 is 14.1 Å². The van der Waals surface area contributed by atoms with Crippen molar-refractivity contribution >= 4 is 18.9 Å². The number of esters is 1. The molecule has 0 bridgehead atoms. The van der Waals surface area contributed by atoms with Crippen molar-refractivity contribution in [2.24, 2.45) is 0 Å². The third-order valence-electron chi connectivity index (χ3n) is 3.76. The van der Waals surface area contributed by atoms with Gasteiger partial charge in [-0.15, -0.1) is 0 Å². The van der Waals surface area contributed by atoms with Crippen LogP contribution in [0.3, 0.4) is 0 Å². The minimum Gasteiger partial charge on any atom is -0.465 e. The van der Waals surface area contributed by atoms with Gasteiger partial charge in [0.25, 0.3) is 0 Å². The van der Waals surface area contributed by atoms with E-state index in [4.69, 9.17) is 14.1 Å². The third kappa shape index (κ3) is 3.84. The molecule has 20 heavy (non-hydrogen) atoms. The Hall–Kier alpha value is -1.33. The lowest BCUT2D eigenvalue weighted by Crippen LogP contribution is -2.50. The zero-order valence-electron chi connectivity index (χ0n) is 13.0. The predicted octanol–water partition coefficient (Wildman–Crippen LogP) is 1.94. The average molecular weight is 277 g/mol. The highest BCUT2D eigenvalue weighted by molar-refractivity contribution is 6.47. The highest BCUT2D eigenvalue weighted by atomic mass is 16.5. The molecule has 0 spiro atoms. The molecular weight excluding hydrogens is 255 g/mol. The molecule has 0 fully saturated rings. The van der Waals surface area contributed by atoms with Crippen LogP contribution in [0.1, 0.15) is 38.1 Å². The van der Waals surface area contributed by atoms with Crippen molar-refractivity contribution in [2.45, 2.75) is 38.9 Å². The largest absolute Gasteiger partial charge is 0.465 e. The second-order valence-corrected chi connectivity index (χ2v) is 5.58. The van der Waals surface area contributed by atoms with Crippen molar-refractivity contribution in [3.05, 3.63) is 29.8 Å². The molecule has 1 rings (SSSR count). The van der Waals surface area contributed by atoms with Crippen LogP contribution in [-0.2, 0) is 14.1 Å². The van der Waals surface area contributed by atoms with Crippen molar-refractivity contribution in [3.63, 3.8) is 0 Å².